The molecule has 14 aromatic rings. The predicted molar refractivity (Wildman–Crippen MR) is 313 cm³/mol. The molecule has 16 rings (SSSR count). The number of para-hydroxylation sites is 3. The quantitative estimate of drug-likeness (QED) is 0.167. The molecule has 3 aromatic heterocycles. The van der Waals surface area contributed by atoms with Crippen LogP contribution in [-0.4, -0.2) is 9.55 Å². The van der Waals surface area contributed by atoms with E-state index < -0.39 is 5.41 Å². The second-order valence-corrected chi connectivity index (χ2v) is 20.2. The van der Waals surface area contributed by atoms with Crippen LogP contribution in [0.15, 0.2) is 277 Å². The molecule has 1 atom stereocenters. The highest BCUT2D eigenvalue weighted by atomic mass is 16.3. The molecule has 0 amide bonds. The molecule has 0 saturated heterocycles. The van der Waals surface area contributed by atoms with Crippen LogP contribution in [0.4, 0.5) is 17.2 Å². The van der Waals surface area contributed by atoms with E-state index in [4.69, 9.17) is 9.40 Å². The molecular weight excluding hydrogens is 923 g/mol. The largest absolute Gasteiger partial charge is 0.456 e. The lowest BCUT2D eigenvalue weighted by Crippen LogP contribution is -2.36. The second-order valence-electron chi connectivity index (χ2n) is 20.2. The van der Waals surface area contributed by atoms with Gasteiger partial charge >= 0.3 is 0 Å². The zero-order valence-electron chi connectivity index (χ0n) is 41.2. The van der Waals surface area contributed by atoms with Crippen LogP contribution in [0, 0.1) is 0 Å². The lowest BCUT2D eigenvalue weighted by molar-refractivity contribution is 0.668. The SMILES string of the molecule is c1ccc(-c2cccc(-n3c4ccccc4c4cc(-c5ccc6c(c5)N(c5cc(-c7ccccc7)cc(-c7ccccc7)n5)c5ccccc5C65c6ccccc6-c6c5ccc5oc7ccccc7c65)ccc43)c2)cc1. The lowest BCUT2D eigenvalue weighted by Gasteiger charge is -2.45. The van der Waals surface area contributed by atoms with Gasteiger partial charge in [-0.3, -0.25) is 4.90 Å². The van der Waals surface area contributed by atoms with E-state index >= 15 is 0 Å². The number of rotatable bonds is 6. The number of pyridine rings is 1. The Morgan fingerprint density at radius 2 is 0.947 bits per heavy atom. The number of benzene rings is 11. The average Bonchev–Trinajstić information content (AvgIpc) is 4.30. The molecule has 11 aromatic carbocycles. The molecule has 1 unspecified atom stereocenters. The minimum Gasteiger partial charge on any atom is -0.456 e. The van der Waals surface area contributed by atoms with Crippen LogP contribution in [-0.2, 0) is 5.41 Å². The Balaban J connectivity index is 0.968. The number of fused-ring (bicyclic) bond motifs is 16. The Morgan fingerprint density at radius 1 is 0.342 bits per heavy atom. The van der Waals surface area contributed by atoms with Crippen molar-refractivity contribution in [1.29, 1.82) is 0 Å². The Hall–Kier alpha value is -10.0. The summed E-state index contributed by atoms with van der Waals surface area (Å²) in [6.07, 6.45) is 0. The van der Waals surface area contributed by atoms with Gasteiger partial charge in [0, 0.05) is 32.8 Å². The van der Waals surface area contributed by atoms with Crippen molar-refractivity contribution >= 4 is 60.9 Å². The molecule has 354 valence electrons. The van der Waals surface area contributed by atoms with Gasteiger partial charge in [0.05, 0.1) is 33.5 Å². The summed E-state index contributed by atoms with van der Waals surface area (Å²) in [7, 11) is 0. The van der Waals surface area contributed by atoms with Crippen LogP contribution in [0.2, 0.25) is 0 Å². The van der Waals surface area contributed by atoms with Crippen LogP contribution in [0.1, 0.15) is 22.3 Å². The van der Waals surface area contributed by atoms with Crippen LogP contribution < -0.4 is 4.90 Å². The van der Waals surface area contributed by atoms with Gasteiger partial charge in [0.1, 0.15) is 17.0 Å². The second kappa shape index (κ2) is 16.5. The van der Waals surface area contributed by atoms with Crippen molar-refractivity contribution in [2.75, 3.05) is 4.90 Å². The van der Waals surface area contributed by atoms with Crippen molar-refractivity contribution in [2.45, 2.75) is 5.41 Å². The number of nitrogens with zero attached hydrogens (tertiary/aromatic N) is 3. The summed E-state index contributed by atoms with van der Waals surface area (Å²) >= 11 is 0. The molecule has 0 bridgehead atoms. The first-order valence-corrected chi connectivity index (χ1v) is 26.1. The van der Waals surface area contributed by atoms with Gasteiger partial charge in [-0.2, -0.15) is 0 Å². The molecule has 4 heterocycles. The monoisotopic (exact) mass is 967 g/mol. The van der Waals surface area contributed by atoms with Crippen LogP contribution in [0.3, 0.4) is 0 Å². The highest BCUT2D eigenvalue weighted by Crippen LogP contribution is 2.65. The summed E-state index contributed by atoms with van der Waals surface area (Å²) in [5.74, 6) is 0.847. The molecule has 1 spiro atoms. The molecule has 0 N–H and O–H groups in total. The van der Waals surface area contributed by atoms with Gasteiger partial charge in [-0.25, -0.2) is 4.98 Å². The molecule has 0 saturated carbocycles. The number of anilines is 3. The third-order valence-corrected chi connectivity index (χ3v) is 16.2. The standard InChI is InChI=1S/C72H45N3O/c1-4-19-46(20-5-1)49-25-18-26-53(41-49)74-63-32-15-11-27-54(63)57-42-50(36-39-64(57)74)51-35-37-60-66(44-51)75(69-45-52(47-21-6-2-7-22-47)43-62(73-69)48-23-8-3-9-24-48)65-33-16-14-31-59(65)72(60)58-30-13-10-28-55(58)70-61(72)38-40-68-71(70)56-29-12-17-34-67(56)76-68/h1-45H. The van der Waals surface area contributed by atoms with Crippen LogP contribution >= 0.6 is 0 Å². The molecule has 76 heavy (non-hydrogen) atoms. The first kappa shape index (κ1) is 42.5. The molecule has 0 fully saturated rings. The molecule has 0 radical (unpaired) electrons. The zero-order valence-corrected chi connectivity index (χ0v) is 41.2. The zero-order chi connectivity index (χ0) is 49.9. The van der Waals surface area contributed by atoms with Gasteiger partial charge in [-0.05, 0) is 133 Å². The van der Waals surface area contributed by atoms with E-state index in [0.29, 0.717) is 0 Å². The lowest BCUT2D eigenvalue weighted by atomic mass is 9.64. The number of hydrogen-bond acceptors (Lipinski definition) is 3. The number of hydrogen-bond donors (Lipinski definition) is 0. The van der Waals surface area contributed by atoms with Gasteiger partial charge in [0.2, 0.25) is 0 Å². The van der Waals surface area contributed by atoms with Gasteiger partial charge in [-0.1, -0.05) is 206 Å². The van der Waals surface area contributed by atoms with E-state index in [9.17, 15) is 0 Å². The summed E-state index contributed by atoms with van der Waals surface area (Å²) in [5.41, 5.74) is 22.9. The van der Waals surface area contributed by atoms with Crippen LogP contribution in [0.5, 0.6) is 0 Å². The third-order valence-electron chi connectivity index (χ3n) is 16.2. The number of aromatic nitrogens is 2. The minimum atomic E-state index is -0.690. The van der Waals surface area contributed by atoms with Crippen LogP contribution in [0.25, 0.3) is 105 Å². The molecule has 1 aliphatic carbocycles. The fourth-order valence-electron chi connectivity index (χ4n) is 13.0. The van der Waals surface area contributed by atoms with Crippen molar-refractivity contribution in [3.63, 3.8) is 0 Å². The first-order valence-electron chi connectivity index (χ1n) is 26.1. The van der Waals surface area contributed by atoms with Gasteiger partial charge in [0.15, 0.2) is 0 Å². The maximum atomic E-state index is 6.63. The normalized spacial score (nSPS) is 14.3. The Labute approximate surface area is 439 Å². The molecular formula is C72H45N3O. The Morgan fingerprint density at radius 3 is 1.78 bits per heavy atom. The van der Waals surface area contributed by atoms with Gasteiger partial charge in [-0.15, -0.1) is 0 Å². The van der Waals surface area contributed by atoms with E-state index in [1.54, 1.807) is 0 Å². The maximum absolute atomic E-state index is 6.63. The van der Waals surface area contributed by atoms with E-state index in [1.807, 2.05) is 0 Å². The van der Waals surface area contributed by atoms with Crippen molar-refractivity contribution in [1.82, 2.24) is 9.55 Å². The fraction of sp³-hybridized carbons (Fsp3) is 0.0139. The smallest absolute Gasteiger partial charge is 0.138 e. The van der Waals surface area contributed by atoms with E-state index in [2.05, 4.69) is 282 Å². The topological polar surface area (TPSA) is 34.2 Å². The fourth-order valence-corrected chi connectivity index (χ4v) is 13.0. The average molecular weight is 968 g/mol. The summed E-state index contributed by atoms with van der Waals surface area (Å²) < 4.78 is 9.05. The highest BCUT2D eigenvalue weighted by Gasteiger charge is 2.52. The summed E-state index contributed by atoms with van der Waals surface area (Å²) in [6, 6.07) is 99.5. The highest BCUT2D eigenvalue weighted by molar-refractivity contribution is 6.16. The molecule has 2 aliphatic rings. The Bertz CT molecular complexity index is 4590. The van der Waals surface area contributed by atoms with Crippen molar-refractivity contribution < 1.29 is 4.42 Å². The number of furan rings is 1. The van der Waals surface area contributed by atoms with Gasteiger partial charge < -0.3 is 8.98 Å². The first-order chi connectivity index (χ1) is 37.7. The van der Waals surface area contributed by atoms with E-state index in [0.717, 1.165) is 83.8 Å². The van der Waals surface area contributed by atoms with Gasteiger partial charge in [0.25, 0.3) is 0 Å². The molecule has 4 heteroatoms. The third kappa shape index (κ3) is 6.16. The van der Waals surface area contributed by atoms with E-state index in [1.165, 1.54) is 60.8 Å². The molecule has 4 nitrogen and oxygen atoms in total. The summed E-state index contributed by atoms with van der Waals surface area (Å²) in [4.78, 5) is 8.11. The van der Waals surface area contributed by atoms with E-state index in [-0.39, 0.29) is 0 Å². The molecule has 1 aliphatic heterocycles. The summed E-state index contributed by atoms with van der Waals surface area (Å²) in [6.45, 7) is 0. The summed E-state index contributed by atoms with van der Waals surface area (Å²) in [5, 5.41) is 4.69. The van der Waals surface area contributed by atoms with Crippen molar-refractivity contribution in [3.05, 3.63) is 295 Å². The van der Waals surface area contributed by atoms with Crippen molar-refractivity contribution in [3.8, 4) is 61.5 Å². The van der Waals surface area contributed by atoms with Crippen molar-refractivity contribution in [2.24, 2.45) is 0 Å². The maximum Gasteiger partial charge on any atom is 0.138 e. The minimum absolute atomic E-state index is 0.690. The predicted octanol–water partition coefficient (Wildman–Crippen LogP) is 18.9. The Kier molecular flexibility index (Phi) is 9.22.